The fourth-order valence-corrected chi connectivity index (χ4v) is 2.94. The van der Waals surface area contributed by atoms with Crippen LogP contribution in [0.5, 0.6) is 11.6 Å². The van der Waals surface area contributed by atoms with Crippen molar-refractivity contribution in [2.75, 3.05) is 0 Å². The van der Waals surface area contributed by atoms with Gasteiger partial charge in [0.15, 0.2) is 23.2 Å². The van der Waals surface area contributed by atoms with Gasteiger partial charge in [-0.3, -0.25) is 4.79 Å². The molecule has 0 saturated carbocycles. The molecule has 0 fully saturated rings. The number of pyridine rings is 1. The Morgan fingerprint density at radius 3 is 2.60 bits per heavy atom. The molecule has 0 aliphatic rings. The lowest BCUT2D eigenvalue weighted by Gasteiger charge is -2.22. The number of carbonyl (C=O) groups excluding carboxylic acids is 1. The van der Waals surface area contributed by atoms with Crippen molar-refractivity contribution in [2.24, 2.45) is 0 Å². The fourth-order valence-electron chi connectivity index (χ4n) is 2.79. The quantitative estimate of drug-likeness (QED) is 0.464. The molecule has 1 unspecified atom stereocenters. The second-order valence-electron chi connectivity index (χ2n) is 8.30. The average Bonchev–Trinajstić information content (AvgIpc) is 3.17. The van der Waals surface area contributed by atoms with Crippen LogP contribution < -0.4 is 10.1 Å². The Morgan fingerprint density at radius 1 is 1.23 bits per heavy atom. The number of hydrogen-bond acceptors (Lipinski definition) is 8. The van der Waals surface area contributed by atoms with Crippen molar-refractivity contribution in [1.29, 1.82) is 0 Å². The molecule has 3 aromatic rings. The predicted molar refractivity (Wildman–Crippen MR) is 118 cm³/mol. The van der Waals surface area contributed by atoms with Gasteiger partial charge in [-0.1, -0.05) is 11.6 Å². The van der Waals surface area contributed by atoms with Gasteiger partial charge < -0.3 is 19.9 Å². The number of carboxylic acid groups (broad SMARTS) is 1. The first-order chi connectivity index (χ1) is 16.4. The summed E-state index contributed by atoms with van der Waals surface area (Å²) in [4.78, 5) is 27.9. The Morgan fingerprint density at radius 2 is 1.97 bits per heavy atom. The summed E-state index contributed by atoms with van der Waals surface area (Å²) in [5, 5.41) is 23.4. The summed E-state index contributed by atoms with van der Waals surface area (Å²) in [6.45, 7) is 5.01. The van der Waals surface area contributed by atoms with Crippen molar-refractivity contribution in [3.8, 4) is 17.3 Å². The van der Waals surface area contributed by atoms with Gasteiger partial charge in [0.2, 0.25) is 0 Å². The highest BCUT2D eigenvalue weighted by atomic mass is 35.5. The molecule has 11 nitrogen and oxygen atoms in total. The lowest BCUT2D eigenvalue weighted by molar-refractivity contribution is -0.137. The minimum atomic E-state index is -1.15. The van der Waals surface area contributed by atoms with E-state index in [1.807, 2.05) is 0 Å². The monoisotopic (exact) mass is 510 g/mol. The van der Waals surface area contributed by atoms with Gasteiger partial charge in [-0.05, 0) is 44.2 Å². The molecule has 0 aliphatic carbocycles. The summed E-state index contributed by atoms with van der Waals surface area (Å²) in [6, 6.07) is 3.75. The van der Waals surface area contributed by atoms with E-state index in [1.54, 1.807) is 20.8 Å². The van der Waals surface area contributed by atoms with Crippen molar-refractivity contribution < 1.29 is 33.0 Å². The Hall–Kier alpha value is -3.87. The molecular weight excluding hydrogens is 490 g/mol. The van der Waals surface area contributed by atoms with Crippen molar-refractivity contribution in [2.45, 2.75) is 45.3 Å². The first-order valence-corrected chi connectivity index (χ1v) is 10.6. The van der Waals surface area contributed by atoms with Crippen LogP contribution in [0.3, 0.4) is 0 Å². The largest absolute Gasteiger partial charge is 0.481 e. The number of rotatable bonds is 8. The highest BCUT2D eigenvalue weighted by molar-refractivity contribution is 6.30. The van der Waals surface area contributed by atoms with Gasteiger partial charge in [-0.15, -0.1) is 15.0 Å². The van der Waals surface area contributed by atoms with Crippen molar-refractivity contribution in [1.82, 2.24) is 30.5 Å². The standard InChI is InChI=1S/C21H21ClF2N6O5/c1-21(2,3)35-20(33)26-12(8-18(31)32)7-17-27-29-30(28-17)13-4-5-16(14(23)9-13)34-19-15(24)6-11(22)10-25-19/h4-6,9-10,12H,7-8H2,1-3H3,(H,26,33)(H,31,32). The summed E-state index contributed by atoms with van der Waals surface area (Å²) < 4.78 is 38.7. The number of carbonyl (C=O) groups is 2. The minimum absolute atomic E-state index is 0.0608. The molecule has 0 bridgehead atoms. The van der Waals surface area contributed by atoms with E-state index in [-0.39, 0.29) is 28.7 Å². The maximum atomic E-state index is 14.6. The van der Waals surface area contributed by atoms with Crippen molar-refractivity contribution >= 4 is 23.7 Å². The van der Waals surface area contributed by atoms with Gasteiger partial charge in [-0.25, -0.2) is 18.6 Å². The summed E-state index contributed by atoms with van der Waals surface area (Å²) in [7, 11) is 0. The number of nitrogens with zero attached hydrogens (tertiary/aromatic N) is 5. The average molecular weight is 511 g/mol. The van der Waals surface area contributed by atoms with Crippen LogP contribution in [0, 0.1) is 11.6 Å². The van der Waals surface area contributed by atoms with Crippen LogP contribution in [0.4, 0.5) is 13.6 Å². The number of aromatic nitrogens is 5. The van der Waals surface area contributed by atoms with Gasteiger partial charge in [0.1, 0.15) is 5.60 Å². The third kappa shape index (κ3) is 7.57. The van der Waals surface area contributed by atoms with Gasteiger partial charge >= 0.3 is 12.1 Å². The molecule has 0 radical (unpaired) electrons. The summed E-state index contributed by atoms with van der Waals surface area (Å²) >= 11 is 5.64. The number of nitrogens with one attached hydrogen (secondary N) is 1. The van der Waals surface area contributed by atoms with Crippen LogP contribution in [0.2, 0.25) is 5.02 Å². The zero-order valence-electron chi connectivity index (χ0n) is 18.8. The molecule has 0 aliphatic heterocycles. The minimum Gasteiger partial charge on any atom is -0.481 e. The van der Waals surface area contributed by atoms with E-state index in [2.05, 4.69) is 25.7 Å². The van der Waals surface area contributed by atoms with Gasteiger partial charge in [0.05, 0.1) is 17.1 Å². The molecule has 0 spiro atoms. The first-order valence-electron chi connectivity index (χ1n) is 10.2. The summed E-state index contributed by atoms with van der Waals surface area (Å²) in [5.74, 6) is -3.52. The molecule has 14 heteroatoms. The SMILES string of the molecule is CC(C)(C)OC(=O)NC(CC(=O)O)Cc1nnn(-c2ccc(Oc3ncc(Cl)cc3F)c(F)c2)n1. The second kappa shape index (κ2) is 10.6. The molecule has 2 aromatic heterocycles. The highest BCUT2D eigenvalue weighted by Gasteiger charge is 2.23. The number of tetrazole rings is 1. The molecule has 2 heterocycles. The smallest absolute Gasteiger partial charge is 0.407 e. The van der Waals surface area contributed by atoms with E-state index in [1.165, 1.54) is 12.1 Å². The lowest BCUT2D eigenvalue weighted by Crippen LogP contribution is -2.41. The van der Waals surface area contributed by atoms with E-state index in [0.717, 1.165) is 23.1 Å². The lowest BCUT2D eigenvalue weighted by atomic mass is 10.1. The van der Waals surface area contributed by atoms with Gasteiger partial charge in [-0.2, -0.15) is 0 Å². The fraction of sp³-hybridized carbons (Fsp3) is 0.333. The number of aliphatic carboxylic acids is 1. The van der Waals surface area contributed by atoms with E-state index in [4.69, 9.17) is 26.2 Å². The third-order valence-electron chi connectivity index (χ3n) is 4.15. The maximum absolute atomic E-state index is 14.6. The normalized spacial score (nSPS) is 12.2. The number of alkyl carbamates (subject to hydrolysis) is 1. The molecule has 3 rings (SSSR count). The Balaban J connectivity index is 1.72. The Kier molecular flexibility index (Phi) is 7.79. The molecule has 2 N–H and O–H groups in total. The number of amides is 1. The molecule has 1 atom stereocenters. The zero-order valence-corrected chi connectivity index (χ0v) is 19.6. The first kappa shape index (κ1) is 25.7. The number of carboxylic acids is 1. The van der Waals surface area contributed by atoms with Crippen molar-refractivity contribution in [3.63, 3.8) is 0 Å². The van der Waals surface area contributed by atoms with Crippen LogP contribution in [0.1, 0.15) is 33.0 Å². The van der Waals surface area contributed by atoms with Crippen LogP contribution in [0.15, 0.2) is 30.5 Å². The predicted octanol–water partition coefficient (Wildman–Crippen LogP) is 3.69. The number of hydrogen-bond donors (Lipinski definition) is 2. The molecule has 0 saturated heterocycles. The number of benzene rings is 1. The highest BCUT2D eigenvalue weighted by Crippen LogP contribution is 2.27. The zero-order chi connectivity index (χ0) is 25.8. The maximum Gasteiger partial charge on any atom is 0.407 e. The van der Waals surface area contributed by atoms with E-state index in [9.17, 15) is 18.4 Å². The topological polar surface area (TPSA) is 141 Å². The molecule has 1 amide bonds. The van der Waals surface area contributed by atoms with E-state index >= 15 is 0 Å². The van der Waals surface area contributed by atoms with Gasteiger partial charge in [0.25, 0.3) is 5.88 Å². The van der Waals surface area contributed by atoms with Crippen LogP contribution >= 0.6 is 11.6 Å². The number of ether oxygens (including phenoxy) is 2. The molecule has 186 valence electrons. The number of halogens is 3. The molecule has 1 aromatic carbocycles. The van der Waals surface area contributed by atoms with E-state index < -0.39 is 47.6 Å². The molecule has 35 heavy (non-hydrogen) atoms. The van der Waals surface area contributed by atoms with Crippen LogP contribution in [-0.2, 0) is 16.0 Å². The van der Waals surface area contributed by atoms with Crippen LogP contribution in [0.25, 0.3) is 5.69 Å². The van der Waals surface area contributed by atoms with Gasteiger partial charge in [0, 0.05) is 24.7 Å². The molecular formula is C21H21ClF2N6O5. The van der Waals surface area contributed by atoms with Crippen LogP contribution in [-0.4, -0.2) is 54.0 Å². The second-order valence-corrected chi connectivity index (χ2v) is 8.73. The summed E-state index contributed by atoms with van der Waals surface area (Å²) in [6.07, 6.45) is -0.122. The third-order valence-corrected chi connectivity index (χ3v) is 4.36. The Labute approximate surface area is 203 Å². The van der Waals surface area contributed by atoms with Crippen molar-refractivity contribution in [3.05, 3.63) is 52.9 Å². The Bertz CT molecular complexity index is 1230. The van der Waals surface area contributed by atoms with E-state index in [0.29, 0.717) is 0 Å². The summed E-state index contributed by atoms with van der Waals surface area (Å²) in [5.41, 5.74) is -0.609.